The van der Waals surface area contributed by atoms with E-state index in [0.29, 0.717) is 22.5 Å². The standard InChI is InChI=1S/C21H16N4O5/c22-10-12(20-23-13-5-1-2-6-14(13)24-20)16(26)11-29-19(27)9-18-21(28)25-15-7-3-4-8-17(15)30-18/h1-8,18,26H,9,11H2,(H,23,24)(H,25,28)/t18-/m0/s1. The molecule has 0 radical (unpaired) electrons. The minimum atomic E-state index is -1.05. The van der Waals surface area contributed by atoms with Gasteiger partial charge in [0, 0.05) is 0 Å². The molecule has 150 valence electrons. The van der Waals surface area contributed by atoms with E-state index in [1.807, 2.05) is 12.1 Å². The van der Waals surface area contributed by atoms with Gasteiger partial charge in [0.15, 0.2) is 17.7 Å². The fourth-order valence-electron chi connectivity index (χ4n) is 2.98. The Balaban J connectivity index is 1.41. The van der Waals surface area contributed by atoms with Crippen molar-refractivity contribution in [3.05, 3.63) is 60.1 Å². The topological polar surface area (TPSA) is 137 Å². The number of benzene rings is 2. The number of nitrogens with zero attached hydrogens (tertiary/aromatic N) is 2. The molecule has 3 N–H and O–H groups in total. The maximum absolute atomic E-state index is 12.1. The second-order valence-corrected chi connectivity index (χ2v) is 6.49. The molecule has 0 spiro atoms. The Morgan fingerprint density at radius 1 is 1.23 bits per heavy atom. The highest BCUT2D eigenvalue weighted by Crippen LogP contribution is 2.29. The van der Waals surface area contributed by atoms with Crippen LogP contribution >= 0.6 is 0 Å². The highest BCUT2D eigenvalue weighted by molar-refractivity contribution is 5.99. The Kier molecular flexibility index (Phi) is 5.05. The molecule has 1 aliphatic heterocycles. The van der Waals surface area contributed by atoms with Crippen LogP contribution in [-0.4, -0.2) is 39.7 Å². The third-order valence-electron chi connectivity index (χ3n) is 4.46. The summed E-state index contributed by atoms with van der Waals surface area (Å²) < 4.78 is 10.6. The molecule has 9 heteroatoms. The van der Waals surface area contributed by atoms with Gasteiger partial charge >= 0.3 is 5.97 Å². The minimum absolute atomic E-state index is 0.139. The number of rotatable bonds is 5. The van der Waals surface area contributed by atoms with Crippen LogP contribution < -0.4 is 10.1 Å². The maximum Gasteiger partial charge on any atom is 0.310 e. The van der Waals surface area contributed by atoms with E-state index in [0.717, 1.165) is 0 Å². The number of imidazole rings is 1. The number of hydrogen-bond donors (Lipinski definition) is 3. The Hall–Kier alpha value is -4.32. The monoisotopic (exact) mass is 404 g/mol. The number of amides is 1. The normalized spacial score (nSPS) is 16.0. The van der Waals surface area contributed by atoms with E-state index in [1.54, 1.807) is 42.5 Å². The molecule has 0 aliphatic carbocycles. The molecule has 0 fully saturated rings. The van der Waals surface area contributed by atoms with E-state index < -0.39 is 30.3 Å². The van der Waals surface area contributed by atoms with Gasteiger partial charge in [0.05, 0.1) is 23.1 Å². The molecule has 1 aromatic heterocycles. The van der Waals surface area contributed by atoms with E-state index in [-0.39, 0.29) is 17.8 Å². The molecule has 0 unspecified atom stereocenters. The zero-order valence-corrected chi connectivity index (χ0v) is 15.6. The Labute approximate surface area is 170 Å². The lowest BCUT2D eigenvalue weighted by Gasteiger charge is -2.25. The van der Waals surface area contributed by atoms with Crippen LogP contribution in [-0.2, 0) is 14.3 Å². The molecular weight excluding hydrogens is 388 g/mol. The number of carbonyl (C=O) groups excluding carboxylic acids is 2. The van der Waals surface area contributed by atoms with Crippen molar-refractivity contribution in [2.45, 2.75) is 12.5 Å². The van der Waals surface area contributed by atoms with E-state index >= 15 is 0 Å². The summed E-state index contributed by atoms with van der Waals surface area (Å²) in [7, 11) is 0. The number of nitriles is 1. The number of aromatic nitrogens is 2. The molecule has 30 heavy (non-hydrogen) atoms. The molecule has 2 heterocycles. The lowest BCUT2D eigenvalue weighted by Crippen LogP contribution is -2.38. The third kappa shape index (κ3) is 3.79. The highest BCUT2D eigenvalue weighted by Gasteiger charge is 2.30. The van der Waals surface area contributed by atoms with Crippen molar-refractivity contribution in [1.29, 1.82) is 5.26 Å². The number of hydrogen-bond acceptors (Lipinski definition) is 7. The average Bonchev–Trinajstić information content (AvgIpc) is 3.17. The second-order valence-electron chi connectivity index (χ2n) is 6.49. The number of esters is 1. The number of aliphatic hydroxyl groups is 1. The van der Waals surface area contributed by atoms with Crippen molar-refractivity contribution < 1.29 is 24.2 Å². The summed E-state index contributed by atoms with van der Waals surface area (Å²) in [6.45, 7) is -0.538. The van der Waals surface area contributed by atoms with Crippen LogP contribution in [0.4, 0.5) is 5.69 Å². The average molecular weight is 404 g/mol. The predicted molar refractivity (Wildman–Crippen MR) is 106 cm³/mol. The van der Waals surface area contributed by atoms with Crippen molar-refractivity contribution in [3.8, 4) is 11.8 Å². The molecule has 0 saturated heterocycles. The maximum atomic E-state index is 12.1. The molecule has 0 bridgehead atoms. The number of nitrogens with one attached hydrogen (secondary N) is 2. The van der Waals surface area contributed by atoms with Crippen molar-refractivity contribution in [3.63, 3.8) is 0 Å². The lowest BCUT2D eigenvalue weighted by atomic mass is 10.1. The van der Waals surface area contributed by atoms with E-state index in [4.69, 9.17) is 9.47 Å². The quantitative estimate of drug-likeness (QED) is 0.338. The molecule has 3 aromatic rings. The fraction of sp³-hybridized carbons (Fsp3) is 0.143. The largest absolute Gasteiger partial charge is 0.507 e. The number of allylic oxidation sites excluding steroid dienone is 1. The first-order valence-electron chi connectivity index (χ1n) is 9.04. The van der Waals surface area contributed by atoms with Crippen LogP contribution in [0.2, 0.25) is 0 Å². The van der Waals surface area contributed by atoms with Crippen molar-refractivity contribution in [2.75, 3.05) is 11.9 Å². The van der Waals surface area contributed by atoms with Gasteiger partial charge < -0.3 is 24.9 Å². The molecule has 1 amide bonds. The Morgan fingerprint density at radius 2 is 2.00 bits per heavy atom. The van der Waals surface area contributed by atoms with Crippen molar-refractivity contribution in [1.82, 2.24) is 9.97 Å². The first-order valence-corrected chi connectivity index (χ1v) is 9.04. The Bertz CT molecular complexity index is 1170. The summed E-state index contributed by atoms with van der Waals surface area (Å²) in [6.07, 6.45) is -1.40. The first-order chi connectivity index (χ1) is 14.5. The number of fused-ring (bicyclic) bond motifs is 2. The highest BCUT2D eigenvalue weighted by atomic mass is 16.5. The second kappa shape index (κ2) is 7.97. The van der Waals surface area contributed by atoms with Crippen LogP contribution in [0, 0.1) is 11.3 Å². The van der Waals surface area contributed by atoms with Crippen LogP contribution in [0.5, 0.6) is 5.75 Å². The van der Waals surface area contributed by atoms with Gasteiger partial charge in [-0.2, -0.15) is 5.26 Å². The summed E-state index contributed by atoms with van der Waals surface area (Å²) in [5, 5.41) is 22.3. The van der Waals surface area contributed by atoms with Crippen molar-refractivity contribution in [2.24, 2.45) is 0 Å². The van der Waals surface area contributed by atoms with E-state index in [9.17, 15) is 20.0 Å². The van der Waals surface area contributed by atoms with Crippen LogP contribution in [0.1, 0.15) is 12.2 Å². The SMILES string of the molecule is N#CC(=C(O)COC(=O)C[C@@H]1Oc2ccccc2NC1=O)c1nc2ccccc2[nH]1. The van der Waals surface area contributed by atoms with Crippen LogP contribution in [0.15, 0.2) is 54.3 Å². The summed E-state index contributed by atoms with van der Waals surface area (Å²) in [4.78, 5) is 31.4. The molecule has 9 nitrogen and oxygen atoms in total. The van der Waals surface area contributed by atoms with Gasteiger partial charge in [0.2, 0.25) is 0 Å². The van der Waals surface area contributed by atoms with Gasteiger partial charge in [0.1, 0.15) is 24.0 Å². The number of para-hydroxylation sites is 4. The molecule has 1 aliphatic rings. The van der Waals surface area contributed by atoms with Crippen LogP contribution in [0.3, 0.4) is 0 Å². The fourth-order valence-corrected chi connectivity index (χ4v) is 2.98. The predicted octanol–water partition coefficient (Wildman–Crippen LogP) is 2.69. The summed E-state index contributed by atoms with van der Waals surface area (Å²) >= 11 is 0. The smallest absolute Gasteiger partial charge is 0.310 e. The van der Waals surface area contributed by atoms with Gasteiger partial charge in [-0.1, -0.05) is 24.3 Å². The van der Waals surface area contributed by atoms with Crippen LogP contribution in [0.25, 0.3) is 16.6 Å². The van der Waals surface area contributed by atoms with E-state index in [1.165, 1.54) is 0 Å². The number of anilines is 1. The number of carbonyl (C=O) groups is 2. The third-order valence-corrected chi connectivity index (χ3v) is 4.46. The summed E-state index contributed by atoms with van der Waals surface area (Å²) in [6, 6.07) is 15.9. The zero-order chi connectivity index (χ0) is 21.1. The Morgan fingerprint density at radius 3 is 2.80 bits per heavy atom. The van der Waals surface area contributed by atoms with Gasteiger partial charge in [-0.25, -0.2) is 4.98 Å². The lowest BCUT2D eigenvalue weighted by molar-refractivity contribution is -0.147. The van der Waals surface area contributed by atoms with E-state index in [2.05, 4.69) is 15.3 Å². The molecule has 0 saturated carbocycles. The van der Waals surface area contributed by atoms with Crippen molar-refractivity contribution >= 4 is 34.2 Å². The molecule has 1 atom stereocenters. The summed E-state index contributed by atoms with van der Waals surface area (Å²) in [5.41, 5.74) is 1.72. The number of H-pyrrole nitrogens is 1. The molecular formula is C21H16N4O5. The van der Waals surface area contributed by atoms with Gasteiger partial charge in [-0.05, 0) is 24.3 Å². The first kappa shape index (κ1) is 19.0. The number of aliphatic hydroxyl groups excluding tert-OH is 1. The summed E-state index contributed by atoms with van der Waals surface area (Å²) in [5.74, 6) is -1.06. The minimum Gasteiger partial charge on any atom is -0.507 e. The molecule has 2 aromatic carbocycles. The number of aromatic amines is 1. The van der Waals surface area contributed by atoms with Gasteiger partial charge in [0.25, 0.3) is 5.91 Å². The zero-order valence-electron chi connectivity index (χ0n) is 15.6. The number of ether oxygens (including phenoxy) is 2. The van der Waals surface area contributed by atoms with Gasteiger partial charge in [-0.15, -0.1) is 0 Å². The molecule has 4 rings (SSSR count). The van der Waals surface area contributed by atoms with Gasteiger partial charge in [-0.3, -0.25) is 9.59 Å².